The molecule has 0 saturated heterocycles. The number of hydrogen-bond acceptors (Lipinski definition) is 2. The summed E-state index contributed by atoms with van der Waals surface area (Å²) in [5, 5.41) is 5.10. The summed E-state index contributed by atoms with van der Waals surface area (Å²) < 4.78 is 14.9. The SMILES string of the molecule is CC(C)(C)[Si](O[C@@H]1C=C[C@H](O[Si](c2ccccc2)(c2ccccc2)C(C)(C)C)C1)(c1ccccc1)c1ccccc1. The van der Waals surface area contributed by atoms with Crippen molar-refractivity contribution in [3.8, 4) is 0 Å². The third-order valence-electron chi connectivity index (χ3n) is 8.49. The molecule has 0 aliphatic heterocycles. The Labute approximate surface area is 249 Å². The first-order chi connectivity index (χ1) is 19.6. The van der Waals surface area contributed by atoms with Crippen LogP contribution in [0.1, 0.15) is 48.0 Å². The molecule has 0 amide bonds. The van der Waals surface area contributed by atoms with Gasteiger partial charge in [0.05, 0.1) is 12.2 Å². The molecule has 0 bridgehead atoms. The Kier molecular flexibility index (Phi) is 8.40. The summed E-state index contributed by atoms with van der Waals surface area (Å²) in [6.45, 7) is 14.0. The quantitative estimate of drug-likeness (QED) is 0.169. The van der Waals surface area contributed by atoms with Crippen LogP contribution < -0.4 is 20.7 Å². The van der Waals surface area contributed by atoms with Gasteiger partial charge in [-0.2, -0.15) is 0 Å². The Morgan fingerprint density at radius 2 is 0.683 bits per heavy atom. The van der Waals surface area contributed by atoms with Crippen LogP contribution in [0.5, 0.6) is 0 Å². The average molecular weight is 577 g/mol. The number of benzene rings is 4. The summed E-state index contributed by atoms with van der Waals surface area (Å²) in [6, 6.07) is 43.7. The molecule has 0 aromatic heterocycles. The van der Waals surface area contributed by atoms with Gasteiger partial charge in [-0.1, -0.05) is 175 Å². The monoisotopic (exact) mass is 576 g/mol. The molecule has 1 aliphatic rings. The standard InChI is InChI=1S/C37H44O2Si2/c1-36(2,3)40(32-19-11-7-12-20-32,33-21-13-8-14-22-33)38-30-27-28-31(29-30)39-41(37(4,5)6,34-23-15-9-16-24-34)35-25-17-10-18-26-35/h7-28,30-31H,29H2,1-6H3/t30-,31+. The largest absolute Gasteiger partial charge is 0.401 e. The van der Waals surface area contributed by atoms with Crippen molar-refractivity contribution in [2.75, 3.05) is 0 Å². The third kappa shape index (κ3) is 5.59. The number of hydrogen-bond donors (Lipinski definition) is 0. The van der Waals surface area contributed by atoms with Gasteiger partial charge in [-0.05, 0) is 30.8 Å². The fraction of sp³-hybridized carbons (Fsp3) is 0.297. The molecule has 2 nitrogen and oxygen atoms in total. The summed E-state index contributed by atoms with van der Waals surface area (Å²) in [4.78, 5) is 0. The maximum Gasteiger partial charge on any atom is 0.261 e. The highest BCUT2D eigenvalue weighted by Crippen LogP contribution is 2.41. The van der Waals surface area contributed by atoms with Gasteiger partial charge in [-0.25, -0.2) is 0 Å². The molecular formula is C37H44O2Si2. The fourth-order valence-electron chi connectivity index (χ4n) is 6.65. The van der Waals surface area contributed by atoms with E-state index >= 15 is 0 Å². The van der Waals surface area contributed by atoms with Crippen molar-refractivity contribution in [1.82, 2.24) is 0 Å². The van der Waals surface area contributed by atoms with Crippen molar-refractivity contribution in [2.45, 2.75) is 70.2 Å². The molecule has 0 radical (unpaired) electrons. The molecule has 5 rings (SSSR count). The van der Waals surface area contributed by atoms with E-state index in [1.54, 1.807) is 0 Å². The van der Waals surface area contributed by atoms with E-state index in [0.29, 0.717) is 0 Å². The lowest BCUT2D eigenvalue weighted by molar-refractivity contribution is 0.165. The van der Waals surface area contributed by atoms with Gasteiger partial charge in [-0.3, -0.25) is 0 Å². The zero-order chi connectivity index (χ0) is 29.1. The summed E-state index contributed by atoms with van der Waals surface area (Å²) >= 11 is 0. The lowest BCUT2D eigenvalue weighted by Crippen LogP contribution is -2.68. The molecule has 0 unspecified atom stereocenters. The van der Waals surface area contributed by atoms with Gasteiger partial charge in [0.2, 0.25) is 0 Å². The van der Waals surface area contributed by atoms with Crippen LogP contribution >= 0.6 is 0 Å². The average Bonchev–Trinajstić information content (AvgIpc) is 3.42. The predicted molar refractivity (Wildman–Crippen MR) is 179 cm³/mol. The van der Waals surface area contributed by atoms with Crippen molar-refractivity contribution >= 4 is 37.4 Å². The van der Waals surface area contributed by atoms with Crippen molar-refractivity contribution < 1.29 is 8.85 Å². The van der Waals surface area contributed by atoms with E-state index in [2.05, 4.69) is 175 Å². The lowest BCUT2D eigenvalue weighted by atomic mass is 10.2. The van der Waals surface area contributed by atoms with Crippen LogP contribution in [0.3, 0.4) is 0 Å². The lowest BCUT2D eigenvalue weighted by Gasteiger charge is -2.45. The van der Waals surface area contributed by atoms with Gasteiger partial charge in [-0.15, -0.1) is 0 Å². The Hall–Kier alpha value is -3.03. The van der Waals surface area contributed by atoms with Crippen LogP contribution in [0.2, 0.25) is 10.1 Å². The summed E-state index contributed by atoms with van der Waals surface area (Å²) in [5.41, 5.74) is 0. The van der Waals surface area contributed by atoms with Crippen LogP contribution in [0.15, 0.2) is 133 Å². The highest BCUT2D eigenvalue weighted by molar-refractivity contribution is 7.00. The van der Waals surface area contributed by atoms with E-state index in [1.165, 1.54) is 20.7 Å². The van der Waals surface area contributed by atoms with E-state index in [1.807, 2.05) is 0 Å². The van der Waals surface area contributed by atoms with Crippen LogP contribution in [0.4, 0.5) is 0 Å². The Morgan fingerprint density at radius 3 is 0.902 bits per heavy atom. The second-order valence-corrected chi connectivity index (χ2v) is 21.8. The van der Waals surface area contributed by atoms with Gasteiger partial charge < -0.3 is 8.85 Å². The first kappa shape index (κ1) is 29.5. The van der Waals surface area contributed by atoms with E-state index in [9.17, 15) is 0 Å². The fourth-order valence-corrected chi connectivity index (χ4v) is 15.9. The minimum Gasteiger partial charge on any atom is -0.401 e. The topological polar surface area (TPSA) is 18.5 Å². The van der Waals surface area contributed by atoms with Gasteiger partial charge in [0.15, 0.2) is 0 Å². The molecule has 0 saturated carbocycles. The molecule has 4 heteroatoms. The van der Waals surface area contributed by atoms with Gasteiger partial charge in [0.1, 0.15) is 0 Å². The zero-order valence-corrected chi connectivity index (χ0v) is 27.4. The van der Waals surface area contributed by atoms with Gasteiger partial charge in [0, 0.05) is 6.42 Å². The van der Waals surface area contributed by atoms with E-state index in [-0.39, 0.29) is 22.3 Å². The third-order valence-corrected chi connectivity index (χ3v) is 18.6. The molecule has 0 heterocycles. The molecule has 212 valence electrons. The van der Waals surface area contributed by atoms with E-state index in [0.717, 1.165) is 6.42 Å². The predicted octanol–water partition coefficient (Wildman–Crippen LogP) is 6.84. The molecule has 2 atom stereocenters. The molecule has 1 aliphatic carbocycles. The summed E-state index contributed by atoms with van der Waals surface area (Å²) in [7, 11) is -5.33. The van der Waals surface area contributed by atoms with Crippen molar-refractivity contribution in [3.63, 3.8) is 0 Å². The van der Waals surface area contributed by atoms with Crippen molar-refractivity contribution in [3.05, 3.63) is 133 Å². The maximum atomic E-state index is 7.46. The van der Waals surface area contributed by atoms with Crippen molar-refractivity contribution in [2.24, 2.45) is 0 Å². The highest BCUT2D eigenvalue weighted by atomic mass is 28.4. The summed E-state index contributed by atoms with van der Waals surface area (Å²) in [6.07, 6.45) is 5.30. The van der Waals surface area contributed by atoms with Crippen LogP contribution in [-0.2, 0) is 8.85 Å². The summed E-state index contributed by atoms with van der Waals surface area (Å²) in [5.74, 6) is 0. The molecule has 0 fully saturated rings. The smallest absolute Gasteiger partial charge is 0.261 e. The molecule has 0 N–H and O–H groups in total. The molecule has 41 heavy (non-hydrogen) atoms. The minimum absolute atomic E-state index is 0.0236. The minimum atomic E-state index is -2.66. The first-order valence-corrected chi connectivity index (χ1v) is 18.7. The second kappa shape index (κ2) is 11.7. The molecule has 0 spiro atoms. The van der Waals surface area contributed by atoms with E-state index in [4.69, 9.17) is 8.85 Å². The van der Waals surface area contributed by atoms with Gasteiger partial charge >= 0.3 is 0 Å². The zero-order valence-electron chi connectivity index (χ0n) is 25.4. The van der Waals surface area contributed by atoms with E-state index < -0.39 is 16.6 Å². The first-order valence-electron chi connectivity index (χ1n) is 14.8. The highest BCUT2D eigenvalue weighted by Gasteiger charge is 2.54. The Bertz CT molecular complexity index is 1230. The van der Waals surface area contributed by atoms with Crippen LogP contribution in [0, 0.1) is 0 Å². The molecule has 4 aromatic rings. The van der Waals surface area contributed by atoms with Crippen LogP contribution in [0.25, 0.3) is 0 Å². The molecule has 4 aromatic carbocycles. The Morgan fingerprint density at radius 1 is 0.439 bits per heavy atom. The second-order valence-electron chi connectivity index (χ2n) is 13.3. The van der Waals surface area contributed by atoms with Crippen LogP contribution in [-0.4, -0.2) is 28.8 Å². The Balaban J connectivity index is 1.52. The number of rotatable bonds is 8. The molecular weight excluding hydrogens is 533 g/mol. The normalized spacial score (nSPS) is 18.0. The van der Waals surface area contributed by atoms with Crippen molar-refractivity contribution in [1.29, 1.82) is 0 Å². The maximum absolute atomic E-state index is 7.46. The van der Waals surface area contributed by atoms with Gasteiger partial charge in [0.25, 0.3) is 16.6 Å².